The molecule has 0 saturated heterocycles. The molecule has 0 N–H and O–H groups in total. The summed E-state index contributed by atoms with van der Waals surface area (Å²) in [7, 11) is 0. The highest BCUT2D eigenvalue weighted by Gasteiger charge is 2.18. The van der Waals surface area contributed by atoms with Gasteiger partial charge in [-0.2, -0.15) is 0 Å². The second kappa shape index (κ2) is 15.9. The summed E-state index contributed by atoms with van der Waals surface area (Å²) in [4.78, 5) is 15.8. The van der Waals surface area contributed by atoms with Crippen molar-refractivity contribution < 1.29 is 0 Å². The number of rotatable bonds is 7. The lowest BCUT2D eigenvalue weighted by atomic mass is 9.92. The van der Waals surface area contributed by atoms with Gasteiger partial charge in [-0.25, -0.2) is 15.0 Å². The molecule has 0 aliphatic carbocycles. The zero-order valence-electron chi connectivity index (χ0n) is 36.4. The Bertz CT molecular complexity index is 3880. The highest BCUT2D eigenvalue weighted by atomic mass is 15.0. The highest BCUT2D eigenvalue weighted by Crippen LogP contribution is 2.41. The minimum Gasteiger partial charge on any atom is -0.309 e. The van der Waals surface area contributed by atoms with E-state index in [4.69, 9.17) is 15.0 Å². The Balaban J connectivity index is 0.896. The summed E-state index contributed by atoms with van der Waals surface area (Å²) in [6.45, 7) is 0. The van der Waals surface area contributed by atoms with E-state index >= 15 is 0 Å². The molecular weight excluding hydrogens is 813 g/mol. The molecule has 0 unspecified atom stereocenters. The lowest BCUT2D eigenvalue weighted by Gasteiger charge is -2.16. The molecule has 13 aromatic rings. The summed E-state index contributed by atoms with van der Waals surface area (Å²) in [5.41, 5.74) is 15.9. The van der Waals surface area contributed by atoms with Crippen LogP contribution >= 0.6 is 0 Å². The first-order valence-corrected chi connectivity index (χ1v) is 22.8. The van der Waals surface area contributed by atoms with E-state index < -0.39 is 0 Å². The van der Waals surface area contributed by atoms with Crippen LogP contribution < -0.4 is 0 Å². The Morgan fingerprint density at radius 1 is 0.299 bits per heavy atom. The van der Waals surface area contributed by atoms with E-state index in [1.807, 2.05) is 36.4 Å². The number of pyridine rings is 1. The smallest absolute Gasteiger partial charge is 0.160 e. The van der Waals surface area contributed by atoms with Crippen molar-refractivity contribution in [1.29, 1.82) is 0 Å². The van der Waals surface area contributed by atoms with Gasteiger partial charge >= 0.3 is 0 Å². The molecule has 0 radical (unpaired) electrons. The van der Waals surface area contributed by atoms with Crippen LogP contribution in [0.1, 0.15) is 0 Å². The van der Waals surface area contributed by atoms with Crippen molar-refractivity contribution >= 4 is 54.3 Å². The predicted molar refractivity (Wildman–Crippen MR) is 279 cm³/mol. The molecule has 0 amide bonds. The monoisotopic (exact) mass is 852 g/mol. The van der Waals surface area contributed by atoms with Gasteiger partial charge in [0.15, 0.2) is 5.82 Å². The summed E-state index contributed by atoms with van der Waals surface area (Å²) >= 11 is 0. The van der Waals surface area contributed by atoms with E-state index in [0.29, 0.717) is 5.82 Å². The fourth-order valence-corrected chi connectivity index (χ4v) is 9.96. The summed E-state index contributed by atoms with van der Waals surface area (Å²) in [5, 5.41) is 8.41. The molecular formula is C63H40N4. The van der Waals surface area contributed by atoms with Crippen LogP contribution in [0.3, 0.4) is 0 Å². The van der Waals surface area contributed by atoms with Crippen molar-refractivity contribution in [3.63, 3.8) is 0 Å². The molecule has 67 heavy (non-hydrogen) atoms. The molecule has 3 aromatic heterocycles. The van der Waals surface area contributed by atoms with Crippen molar-refractivity contribution in [2.24, 2.45) is 0 Å². The van der Waals surface area contributed by atoms with Gasteiger partial charge < -0.3 is 4.57 Å². The van der Waals surface area contributed by atoms with Gasteiger partial charge in [-0.1, -0.05) is 212 Å². The Labute approximate surface area is 387 Å². The zero-order chi connectivity index (χ0) is 44.3. The van der Waals surface area contributed by atoms with Crippen LogP contribution in [0, 0.1) is 0 Å². The van der Waals surface area contributed by atoms with Crippen molar-refractivity contribution in [2.75, 3.05) is 0 Å². The van der Waals surface area contributed by atoms with Gasteiger partial charge in [0.2, 0.25) is 0 Å². The Morgan fingerprint density at radius 3 is 1.45 bits per heavy atom. The molecule has 0 fully saturated rings. The van der Waals surface area contributed by atoms with Crippen LogP contribution in [0.5, 0.6) is 0 Å². The SMILES string of the molecule is c1ccc(-c2cc(-c3ccccc3)nc(-c3ccc(-c4cccc5c4nc(-c4ccc(-c6ccc(-n7c8ccccc8c8ccccc87)cc6)cc4)c4ccc6ccccc6c45)cc3)n2)cc1. The van der Waals surface area contributed by atoms with Crippen LogP contribution in [0.2, 0.25) is 0 Å². The summed E-state index contributed by atoms with van der Waals surface area (Å²) in [6.07, 6.45) is 0. The van der Waals surface area contributed by atoms with Crippen molar-refractivity contribution in [3.8, 4) is 73.1 Å². The molecule has 10 aromatic carbocycles. The van der Waals surface area contributed by atoms with Gasteiger partial charge in [0.05, 0.1) is 33.6 Å². The first-order valence-electron chi connectivity index (χ1n) is 22.8. The fourth-order valence-electron chi connectivity index (χ4n) is 9.96. The third kappa shape index (κ3) is 6.65. The first-order chi connectivity index (χ1) is 33.2. The van der Waals surface area contributed by atoms with E-state index in [1.54, 1.807) is 0 Å². The maximum absolute atomic E-state index is 5.59. The fraction of sp³-hybridized carbons (Fsp3) is 0. The van der Waals surface area contributed by atoms with E-state index in [1.165, 1.54) is 38.0 Å². The van der Waals surface area contributed by atoms with Gasteiger partial charge in [0.1, 0.15) is 0 Å². The predicted octanol–water partition coefficient (Wildman–Crippen LogP) is 16.4. The number of nitrogens with zero attached hydrogens (tertiary/aromatic N) is 4. The molecule has 0 spiro atoms. The van der Waals surface area contributed by atoms with Crippen molar-refractivity contribution in [1.82, 2.24) is 19.5 Å². The Hall–Kier alpha value is -8.99. The number of benzene rings is 10. The van der Waals surface area contributed by atoms with Crippen molar-refractivity contribution in [3.05, 3.63) is 243 Å². The van der Waals surface area contributed by atoms with Crippen molar-refractivity contribution in [2.45, 2.75) is 0 Å². The normalized spacial score (nSPS) is 11.6. The first kappa shape index (κ1) is 38.5. The van der Waals surface area contributed by atoms with E-state index in [9.17, 15) is 0 Å². The third-order valence-corrected chi connectivity index (χ3v) is 13.2. The number of hydrogen-bond donors (Lipinski definition) is 0. The summed E-state index contributed by atoms with van der Waals surface area (Å²) in [5.74, 6) is 0.685. The number of para-hydroxylation sites is 3. The zero-order valence-corrected chi connectivity index (χ0v) is 36.4. The second-order valence-electron chi connectivity index (χ2n) is 17.1. The lowest BCUT2D eigenvalue weighted by Crippen LogP contribution is -1.96. The van der Waals surface area contributed by atoms with Crippen LogP contribution in [0.15, 0.2) is 243 Å². The standard InChI is InChI=1S/C63H40N4/c1-3-15-45(16-4-1)56-40-57(46-17-5-2-6-18-46)65-63(64-56)48-32-28-44(29-33-48)51-22-13-23-54-60-50-19-8-7-14-43(50)36-39-55(60)61(66-62(51)54)47-30-26-41(27-31-47)42-34-37-49(38-35-42)67-58-24-11-9-20-52(58)53-21-10-12-25-59(53)67/h1-40H. The average molecular weight is 853 g/mol. The summed E-state index contributed by atoms with van der Waals surface area (Å²) < 4.78 is 2.36. The minimum absolute atomic E-state index is 0.685. The molecule has 4 heteroatoms. The Kier molecular flexibility index (Phi) is 9.14. The molecule has 0 saturated carbocycles. The third-order valence-electron chi connectivity index (χ3n) is 13.2. The molecule has 312 valence electrons. The average Bonchev–Trinajstić information content (AvgIpc) is 3.75. The second-order valence-corrected chi connectivity index (χ2v) is 17.1. The number of fused-ring (bicyclic) bond motifs is 8. The lowest BCUT2D eigenvalue weighted by molar-refractivity contribution is 1.18. The maximum Gasteiger partial charge on any atom is 0.160 e. The maximum atomic E-state index is 5.59. The van der Waals surface area contributed by atoms with Crippen LogP contribution in [0.25, 0.3) is 127 Å². The number of aromatic nitrogens is 4. The summed E-state index contributed by atoms with van der Waals surface area (Å²) in [6, 6.07) is 86.2. The molecule has 0 aliphatic heterocycles. The number of hydrogen-bond acceptors (Lipinski definition) is 3. The van der Waals surface area contributed by atoms with E-state index in [2.05, 4.69) is 211 Å². The molecule has 0 aliphatic rings. The molecule has 0 atom stereocenters. The van der Waals surface area contributed by atoms with Gasteiger partial charge in [-0.3, -0.25) is 0 Å². The molecule has 13 rings (SSSR count). The van der Waals surface area contributed by atoms with Gasteiger partial charge in [-0.15, -0.1) is 0 Å². The van der Waals surface area contributed by atoms with Gasteiger partial charge in [-0.05, 0) is 57.8 Å². The Morgan fingerprint density at radius 2 is 0.806 bits per heavy atom. The van der Waals surface area contributed by atoms with Gasteiger partial charge in [0, 0.05) is 60.4 Å². The molecule has 4 nitrogen and oxygen atoms in total. The topological polar surface area (TPSA) is 43.6 Å². The van der Waals surface area contributed by atoms with Gasteiger partial charge in [0.25, 0.3) is 0 Å². The minimum atomic E-state index is 0.685. The quantitative estimate of drug-likeness (QED) is 0.150. The highest BCUT2D eigenvalue weighted by molar-refractivity contribution is 6.24. The van der Waals surface area contributed by atoms with E-state index in [0.717, 1.165) is 83.6 Å². The van der Waals surface area contributed by atoms with E-state index in [-0.39, 0.29) is 0 Å². The van der Waals surface area contributed by atoms with Crippen LogP contribution in [0.4, 0.5) is 0 Å². The molecule has 0 bridgehead atoms. The largest absolute Gasteiger partial charge is 0.309 e. The van der Waals surface area contributed by atoms with Crippen LogP contribution in [-0.2, 0) is 0 Å². The van der Waals surface area contributed by atoms with Crippen LogP contribution in [-0.4, -0.2) is 19.5 Å². The molecule has 3 heterocycles.